The molecule has 0 saturated heterocycles. The van der Waals surface area contributed by atoms with Gasteiger partial charge in [-0.2, -0.15) is 0 Å². The van der Waals surface area contributed by atoms with Crippen LogP contribution in [-0.2, 0) is 9.47 Å². The van der Waals surface area contributed by atoms with E-state index in [9.17, 15) is 14.7 Å². The van der Waals surface area contributed by atoms with Gasteiger partial charge in [-0.05, 0) is 59.8 Å². The first-order valence-corrected chi connectivity index (χ1v) is 10.7. The summed E-state index contributed by atoms with van der Waals surface area (Å²) in [5.41, 5.74) is -1.25. The first-order valence-electron chi connectivity index (χ1n) is 10.7. The van der Waals surface area contributed by atoms with Gasteiger partial charge in [-0.25, -0.2) is 9.59 Å². The number of alkyl carbamates (subject to hydrolysis) is 2. The van der Waals surface area contributed by atoms with Crippen molar-refractivity contribution in [3.63, 3.8) is 0 Å². The van der Waals surface area contributed by atoms with Crippen molar-refractivity contribution in [2.45, 2.75) is 111 Å². The minimum absolute atomic E-state index is 0.0239. The lowest BCUT2D eigenvalue weighted by Gasteiger charge is -2.28. The molecule has 0 saturated carbocycles. The third-order valence-electron chi connectivity index (χ3n) is 4.08. The highest BCUT2D eigenvalue weighted by atomic mass is 16.6. The maximum atomic E-state index is 12.2. The SMILES string of the molecule is CC[C@H](C)[C@H](NC(=O)OC(C)(C)C)[C@H](O)C#C[C@H](CC(C)C)NC(=O)OC(C)(C)C. The van der Waals surface area contributed by atoms with Crippen LogP contribution in [0, 0.1) is 23.7 Å². The maximum Gasteiger partial charge on any atom is 0.408 e. The highest BCUT2D eigenvalue weighted by Crippen LogP contribution is 2.14. The topological polar surface area (TPSA) is 96.9 Å². The number of nitrogens with one attached hydrogen (secondary N) is 2. The van der Waals surface area contributed by atoms with Crippen LogP contribution in [0.5, 0.6) is 0 Å². The molecule has 0 spiro atoms. The minimum Gasteiger partial charge on any atom is -0.444 e. The molecule has 30 heavy (non-hydrogen) atoms. The molecule has 2 amide bonds. The summed E-state index contributed by atoms with van der Waals surface area (Å²) in [6.07, 6.45) is -0.916. The van der Waals surface area contributed by atoms with Gasteiger partial charge < -0.3 is 25.2 Å². The molecular weight excluding hydrogens is 384 g/mol. The van der Waals surface area contributed by atoms with Crippen LogP contribution in [0.25, 0.3) is 0 Å². The smallest absolute Gasteiger partial charge is 0.408 e. The molecule has 174 valence electrons. The van der Waals surface area contributed by atoms with Crippen LogP contribution in [0.4, 0.5) is 9.59 Å². The zero-order valence-electron chi connectivity index (χ0n) is 20.4. The molecule has 0 fully saturated rings. The summed E-state index contributed by atoms with van der Waals surface area (Å²) >= 11 is 0. The van der Waals surface area contributed by atoms with Crippen LogP contribution >= 0.6 is 0 Å². The van der Waals surface area contributed by atoms with Gasteiger partial charge in [0.2, 0.25) is 0 Å². The fourth-order valence-electron chi connectivity index (χ4n) is 2.58. The second-order valence-electron chi connectivity index (χ2n) is 10.1. The summed E-state index contributed by atoms with van der Waals surface area (Å²) in [7, 11) is 0. The van der Waals surface area contributed by atoms with Crippen LogP contribution in [-0.4, -0.2) is 46.7 Å². The number of carbonyl (C=O) groups excluding carboxylic acids is 2. The van der Waals surface area contributed by atoms with Crippen molar-refractivity contribution in [1.29, 1.82) is 0 Å². The first-order chi connectivity index (χ1) is 13.5. The van der Waals surface area contributed by atoms with Crippen molar-refractivity contribution < 1.29 is 24.2 Å². The third-order valence-corrected chi connectivity index (χ3v) is 4.08. The van der Waals surface area contributed by atoms with Crippen LogP contribution in [0.2, 0.25) is 0 Å². The lowest BCUT2D eigenvalue weighted by molar-refractivity contribution is 0.0421. The van der Waals surface area contributed by atoms with Gasteiger partial charge >= 0.3 is 12.2 Å². The van der Waals surface area contributed by atoms with E-state index in [1.165, 1.54) is 0 Å². The van der Waals surface area contributed by atoms with Gasteiger partial charge in [-0.15, -0.1) is 0 Å². The van der Waals surface area contributed by atoms with Crippen molar-refractivity contribution in [1.82, 2.24) is 10.6 Å². The predicted octanol–water partition coefficient (Wildman–Crippen LogP) is 4.23. The maximum absolute atomic E-state index is 12.2. The normalized spacial score (nSPS) is 15.9. The highest BCUT2D eigenvalue weighted by molar-refractivity contribution is 5.69. The summed E-state index contributed by atoms with van der Waals surface area (Å²) in [6, 6.07) is -1.08. The number of carbonyl (C=O) groups is 2. The molecule has 7 nitrogen and oxygen atoms in total. The number of hydrogen-bond acceptors (Lipinski definition) is 5. The summed E-state index contributed by atoms with van der Waals surface area (Å²) in [6.45, 7) is 18.6. The molecule has 0 radical (unpaired) electrons. The molecule has 0 heterocycles. The molecule has 3 N–H and O–H groups in total. The largest absolute Gasteiger partial charge is 0.444 e. The van der Waals surface area contributed by atoms with Crippen molar-refractivity contribution in [2.24, 2.45) is 11.8 Å². The van der Waals surface area contributed by atoms with E-state index in [-0.39, 0.29) is 11.8 Å². The number of hydrogen-bond donors (Lipinski definition) is 3. The van der Waals surface area contributed by atoms with Gasteiger partial charge in [0.1, 0.15) is 17.3 Å². The molecule has 0 unspecified atom stereocenters. The number of amides is 2. The van der Waals surface area contributed by atoms with Crippen LogP contribution < -0.4 is 10.6 Å². The Hall–Kier alpha value is -1.94. The van der Waals surface area contributed by atoms with E-state index in [0.29, 0.717) is 6.42 Å². The van der Waals surface area contributed by atoms with Crippen molar-refractivity contribution >= 4 is 12.2 Å². The van der Waals surface area contributed by atoms with E-state index in [1.54, 1.807) is 41.5 Å². The minimum atomic E-state index is -1.11. The van der Waals surface area contributed by atoms with E-state index in [1.807, 2.05) is 27.7 Å². The van der Waals surface area contributed by atoms with E-state index in [2.05, 4.69) is 22.5 Å². The number of rotatable bonds is 7. The van der Waals surface area contributed by atoms with Crippen molar-refractivity contribution in [2.75, 3.05) is 0 Å². The molecule has 0 aliphatic heterocycles. The Bertz CT molecular complexity index is 608. The molecular formula is C23H42N2O5. The Kier molecular flexibility index (Phi) is 11.3. The van der Waals surface area contributed by atoms with E-state index >= 15 is 0 Å². The molecule has 0 aliphatic rings. The molecule has 0 bridgehead atoms. The standard InChI is InChI=1S/C23H42N2O5/c1-11-16(4)19(25-21(28)30-23(8,9)10)18(26)13-12-17(14-15(2)3)24-20(27)29-22(5,6)7/h15-19,26H,11,14H2,1-10H3,(H,24,27)(H,25,28)/t16-,17+,18+,19-/m0/s1. The Morgan fingerprint density at radius 3 is 1.77 bits per heavy atom. The Balaban J connectivity index is 5.37. The molecule has 4 atom stereocenters. The van der Waals surface area contributed by atoms with Crippen molar-refractivity contribution in [3.8, 4) is 11.8 Å². The summed E-state index contributed by atoms with van der Waals surface area (Å²) < 4.78 is 10.6. The second-order valence-corrected chi connectivity index (χ2v) is 10.1. The third kappa shape index (κ3) is 13.3. The highest BCUT2D eigenvalue weighted by Gasteiger charge is 2.28. The quantitative estimate of drug-likeness (QED) is 0.529. The average molecular weight is 427 g/mol. The monoisotopic (exact) mass is 426 g/mol. The zero-order valence-corrected chi connectivity index (χ0v) is 20.4. The summed E-state index contributed by atoms with van der Waals surface area (Å²) in [4.78, 5) is 24.3. The van der Waals surface area contributed by atoms with Crippen molar-refractivity contribution in [3.05, 3.63) is 0 Å². The van der Waals surface area contributed by atoms with Gasteiger partial charge in [-0.1, -0.05) is 46.0 Å². The van der Waals surface area contributed by atoms with Crippen LogP contribution in [0.1, 0.15) is 82.1 Å². The van der Waals surface area contributed by atoms with Crippen LogP contribution in [0.3, 0.4) is 0 Å². The lowest BCUT2D eigenvalue weighted by Crippen LogP contribution is -2.48. The van der Waals surface area contributed by atoms with Gasteiger partial charge in [-0.3, -0.25) is 0 Å². The molecule has 0 aromatic heterocycles. The van der Waals surface area contributed by atoms with Gasteiger partial charge in [0.15, 0.2) is 0 Å². The van der Waals surface area contributed by atoms with Gasteiger partial charge in [0.05, 0.1) is 12.1 Å². The second kappa shape index (κ2) is 12.0. The molecule has 0 aromatic rings. The fourth-order valence-corrected chi connectivity index (χ4v) is 2.58. The zero-order chi connectivity index (χ0) is 23.7. The lowest BCUT2D eigenvalue weighted by atomic mass is 9.94. The van der Waals surface area contributed by atoms with Gasteiger partial charge in [0.25, 0.3) is 0 Å². The van der Waals surface area contributed by atoms with Gasteiger partial charge in [0, 0.05) is 0 Å². The Labute approximate surface area is 182 Å². The number of aliphatic hydroxyl groups is 1. The Morgan fingerprint density at radius 2 is 1.37 bits per heavy atom. The average Bonchev–Trinajstić information content (AvgIpc) is 2.52. The molecule has 0 aromatic carbocycles. The number of aliphatic hydroxyl groups excluding tert-OH is 1. The summed E-state index contributed by atoms with van der Waals surface area (Å²) in [5.74, 6) is 6.00. The fraction of sp³-hybridized carbons (Fsp3) is 0.826. The molecule has 0 rings (SSSR count). The summed E-state index contributed by atoms with van der Waals surface area (Å²) in [5, 5.41) is 16.2. The molecule has 7 heteroatoms. The first kappa shape index (κ1) is 28.1. The predicted molar refractivity (Wildman–Crippen MR) is 119 cm³/mol. The van der Waals surface area contributed by atoms with Crippen LogP contribution in [0.15, 0.2) is 0 Å². The van der Waals surface area contributed by atoms with E-state index in [0.717, 1.165) is 6.42 Å². The molecule has 0 aliphatic carbocycles. The van der Waals surface area contributed by atoms with E-state index < -0.39 is 41.6 Å². The number of ether oxygens (including phenoxy) is 2. The van der Waals surface area contributed by atoms with E-state index in [4.69, 9.17) is 9.47 Å². The Morgan fingerprint density at radius 1 is 0.900 bits per heavy atom.